The summed E-state index contributed by atoms with van der Waals surface area (Å²) in [6.07, 6.45) is 5.86. The van der Waals surface area contributed by atoms with E-state index >= 15 is 0 Å². The standard InChI is InChI=1S/C20H17N5O2/c1-12-18(23-20-21-8-3-9-25(12)20)14-4-2-5-15(10-14)22-19(26)16-11-17(27-24-16)13-6-7-13/h2-5,8-11,13H,6-7H2,1H3,(H,22,26). The molecular weight excluding hydrogens is 342 g/mol. The van der Waals surface area contributed by atoms with Crippen LogP contribution in [0.4, 0.5) is 5.69 Å². The summed E-state index contributed by atoms with van der Waals surface area (Å²) in [6, 6.07) is 11.2. The Morgan fingerprint density at radius 2 is 2.15 bits per heavy atom. The predicted molar refractivity (Wildman–Crippen MR) is 99.6 cm³/mol. The van der Waals surface area contributed by atoms with Crippen molar-refractivity contribution < 1.29 is 9.32 Å². The third-order valence-corrected chi connectivity index (χ3v) is 4.78. The number of fused-ring (bicyclic) bond motifs is 1. The van der Waals surface area contributed by atoms with E-state index in [0.717, 1.165) is 35.6 Å². The lowest BCUT2D eigenvalue weighted by Crippen LogP contribution is -2.12. The minimum atomic E-state index is -0.281. The van der Waals surface area contributed by atoms with E-state index in [1.807, 2.05) is 47.9 Å². The average Bonchev–Trinajstić information content (AvgIpc) is 3.32. The topological polar surface area (TPSA) is 85.3 Å². The number of nitrogens with zero attached hydrogens (tertiary/aromatic N) is 4. The van der Waals surface area contributed by atoms with Crippen LogP contribution in [0.15, 0.2) is 53.3 Å². The molecule has 7 nitrogen and oxygen atoms in total. The summed E-state index contributed by atoms with van der Waals surface area (Å²) >= 11 is 0. The third kappa shape index (κ3) is 2.87. The van der Waals surface area contributed by atoms with Gasteiger partial charge in [0, 0.05) is 41.3 Å². The van der Waals surface area contributed by atoms with E-state index in [1.54, 1.807) is 12.3 Å². The first kappa shape index (κ1) is 15.7. The zero-order chi connectivity index (χ0) is 18.4. The van der Waals surface area contributed by atoms with Crippen LogP contribution in [0.1, 0.15) is 40.7 Å². The normalized spacial score (nSPS) is 13.8. The van der Waals surface area contributed by atoms with E-state index in [2.05, 4.69) is 20.4 Å². The molecule has 1 aromatic carbocycles. The zero-order valence-corrected chi connectivity index (χ0v) is 14.7. The Hall–Kier alpha value is -3.48. The summed E-state index contributed by atoms with van der Waals surface area (Å²) in [4.78, 5) is 21.3. The molecule has 7 heteroatoms. The van der Waals surface area contributed by atoms with E-state index in [-0.39, 0.29) is 5.91 Å². The van der Waals surface area contributed by atoms with E-state index in [0.29, 0.717) is 23.1 Å². The molecule has 1 fully saturated rings. The minimum absolute atomic E-state index is 0.281. The Kier molecular flexibility index (Phi) is 3.53. The van der Waals surface area contributed by atoms with Crippen LogP contribution >= 0.6 is 0 Å². The molecule has 27 heavy (non-hydrogen) atoms. The van der Waals surface area contributed by atoms with E-state index in [1.165, 1.54) is 0 Å². The van der Waals surface area contributed by atoms with Crippen LogP contribution < -0.4 is 5.32 Å². The Bertz CT molecular complexity index is 1160. The molecule has 0 atom stereocenters. The van der Waals surface area contributed by atoms with Crippen molar-refractivity contribution in [3.05, 3.63) is 65.9 Å². The number of imidazole rings is 1. The molecular formula is C20H17N5O2. The fraction of sp³-hybridized carbons (Fsp3) is 0.200. The Balaban J connectivity index is 1.42. The molecule has 1 N–H and O–H groups in total. The summed E-state index contributed by atoms with van der Waals surface area (Å²) in [7, 11) is 0. The highest BCUT2D eigenvalue weighted by atomic mass is 16.5. The highest BCUT2D eigenvalue weighted by Gasteiger charge is 2.28. The maximum absolute atomic E-state index is 12.5. The number of carbonyl (C=O) groups is 1. The van der Waals surface area contributed by atoms with Gasteiger partial charge < -0.3 is 9.84 Å². The monoisotopic (exact) mass is 359 g/mol. The van der Waals surface area contributed by atoms with Crippen LogP contribution in [0, 0.1) is 6.92 Å². The van der Waals surface area contributed by atoms with Crippen molar-refractivity contribution in [2.75, 3.05) is 5.32 Å². The first-order chi connectivity index (χ1) is 13.2. The van der Waals surface area contributed by atoms with Crippen LogP contribution in [0.3, 0.4) is 0 Å². The van der Waals surface area contributed by atoms with Crippen LogP contribution in [-0.2, 0) is 0 Å². The van der Waals surface area contributed by atoms with Gasteiger partial charge in [-0.25, -0.2) is 9.97 Å². The summed E-state index contributed by atoms with van der Waals surface area (Å²) in [5.41, 5.74) is 3.72. The number of rotatable bonds is 4. The second-order valence-electron chi connectivity index (χ2n) is 6.76. The summed E-state index contributed by atoms with van der Waals surface area (Å²) < 4.78 is 7.20. The van der Waals surface area contributed by atoms with E-state index < -0.39 is 0 Å². The molecule has 0 aliphatic heterocycles. The van der Waals surface area contributed by atoms with Crippen molar-refractivity contribution in [1.29, 1.82) is 0 Å². The molecule has 0 saturated heterocycles. The number of hydrogen-bond acceptors (Lipinski definition) is 5. The van der Waals surface area contributed by atoms with Gasteiger partial charge in [-0.1, -0.05) is 17.3 Å². The van der Waals surface area contributed by atoms with Gasteiger partial charge in [-0.05, 0) is 38.0 Å². The Morgan fingerprint density at radius 1 is 1.26 bits per heavy atom. The predicted octanol–water partition coefficient (Wildman–Crippen LogP) is 3.82. The first-order valence-corrected chi connectivity index (χ1v) is 8.87. The molecule has 1 aliphatic rings. The average molecular weight is 359 g/mol. The quantitative estimate of drug-likeness (QED) is 0.599. The lowest BCUT2D eigenvalue weighted by atomic mass is 10.1. The molecule has 0 unspecified atom stereocenters. The number of amides is 1. The lowest BCUT2D eigenvalue weighted by molar-refractivity contribution is 0.101. The van der Waals surface area contributed by atoms with Crippen molar-refractivity contribution in [1.82, 2.24) is 19.5 Å². The molecule has 1 amide bonds. The molecule has 0 bridgehead atoms. The summed E-state index contributed by atoms with van der Waals surface area (Å²) in [5.74, 6) is 1.58. The highest BCUT2D eigenvalue weighted by Crippen LogP contribution is 2.40. The van der Waals surface area contributed by atoms with E-state index in [4.69, 9.17) is 4.52 Å². The van der Waals surface area contributed by atoms with Crippen LogP contribution in [0.5, 0.6) is 0 Å². The van der Waals surface area contributed by atoms with E-state index in [9.17, 15) is 4.79 Å². The smallest absolute Gasteiger partial charge is 0.277 e. The largest absolute Gasteiger partial charge is 0.360 e. The van der Waals surface area contributed by atoms with Gasteiger partial charge in [0.05, 0.1) is 5.69 Å². The fourth-order valence-electron chi connectivity index (χ4n) is 3.17. The zero-order valence-electron chi connectivity index (χ0n) is 14.7. The highest BCUT2D eigenvalue weighted by molar-refractivity contribution is 6.03. The molecule has 134 valence electrons. The van der Waals surface area contributed by atoms with Crippen molar-refractivity contribution in [2.45, 2.75) is 25.7 Å². The van der Waals surface area contributed by atoms with Crippen molar-refractivity contribution in [2.24, 2.45) is 0 Å². The molecule has 4 aromatic rings. The lowest BCUT2D eigenvalue weighted by Gasteiger charge is -2.05. The number of aromatic nitrogens is 4. The number of benzene rings is 1. The third-order valence-electron chi connectivity index (χ3n) is 4.78. The number of hydrogen-bond donors (Lipinski definition) is 1. The van der Waals surface area contributed by atoms with Crippen LogP contribution in [0.2, 0.25) is 0 Å². The van der Waals surface area contributed by atoms with Crippen LogP contribution in [-0.4, -0.2) is 25.4 Å². The molecule has 0 radical (unpaired) electrons. The molecule has 5 rings (SSSR count). The fourth-order valence-corrected chi connectivity index (χ4v) is 3.17. The second-order valence-corrected chi connectivity index (χ2v) is 6.76. The van der Waals surface area contributed by atoms with Gasteiger partial charge >= 0.3 is 0 Å². The Labute approximate surface area is 155 Å². The molecule has 1 saturated carbocycles. The van der Waals surface area contributed by atoms with Gasteiger partial charge in [0.1, 0.15) is 5.76 Å². The van der Waals surface area contributed by atoms with Gasteiger partial charge in [0.2, 0.25) is 5.78 Å². The van der Waals surface area contributed by atoms with Gasteiger partial charge in [0.15, 0.2) is 5.69 Å². The second kappa shape index (κ2) is 6.05. The number of carbonyl (C=O) groups excluding carboxylic acids is 1. The Morgan fingerprint density at radius 3 is 2.96 bits per heavy atom. The van der Waals surface area contributed by atoms with Gasteiger partial charge in [-0.3, -0.25) is 9.20 Å². The molecule has 1 aliphatic carbocycles. The maximum Gasteiger partial charge on any atom is 0.277 e. The van der Waals surface area contributed by atoms with Gasteiger partial charge in [-0.15, -0.1) is 0 Å². The molecule has 3 aromatic heterocycles. The van der Waals surface area contributed by atoms with Crippen molar-refractivity contribution in [3.63, 3.8) is 0 Å². The molecule has 3 heterocycles. The number of anilines is 1. The SMILES string of the molecule is Cc1c(-c2cccc(NC(=O)c3cc(C4CC4)on3)c2)nc2ncccn12. The van der Waals surface area contributed by atoms with Gasteiger partial charge in [0.25, 0.3) is 5.91 Å². The minimum Gasteiger partial charge on any atom is -0.360 e. The summed E-state index contributed by atoms with van der Waals surface area (Å²) in [6.45, 7) is 2.00. The van der Waals surface area contributed by atoms with Crippen molar-refractivity contribution >= 4 is 17.4 Å². The molecule has 0 spiro atoms. The summed E-state index contributed by atoms with van der Waals surface area (Å²) in [5, 5.41) is 6.77. The van der Waals surface area contributed by atoms with Crippen LogP contribution in [0.25, 0.3) is 17.0 Å². The first-order valence-electron chi connectivity index (χ1n) is 8.87. The van der Waals surface area contributed by atoms with Gasteiger partial charge in [-0.2, -0.15) is 0 Å². The maximum atomic E-state index is 12.5. The number of aryl methyl sites for hydroxylation is 1. The number of nitrogens with one attached hydrogen (secondary N) is 1. The van der Waals surface area contributed by atoms with Crippen molar-refractivity contribution in [3.8, 4) is 11.3 Å².